The topological polar surface area (TPSA) is 54.0 Å². The molecule has 0 saturated carbocycles. The van der Waals surface area contributed by atoms with Gasteiger partial charge in [-0.15, -0.1) is 4.67 Å². The monoisotopic (exact) mass is 272 g/mol. The van der Waals surface area contributed by atoms with Crippen molar-refractivity contribution in [3.8, 4) is 5.75 Å². The van der Waals surface area contributed by atoms with E-state index in [1.165, 1.54) is 6.92 Å². The minimum Gasteiger partial charge on any atom is -0.329 e. The highest BCUT2D eigenvalue weighted by Gasteiger charge is 2.13. The number of carbonyl (C=O) groups excluding carboxylic acids is 1. The second kappa shape index (κ2) is 8.16. The van der Waals surface area contributed by atoms with Crippen LogP contribution in [0, 0.1) is 0 Å². The Kier molecular flexibility index (Phi) is 6.83. The van der Waals surface area contributed by atoms with E-state index < -0.39 is 8.60 Å². The van der Waals surface area contributed by atoms with E-state index in [-0.39, 0.29) is 5.78 Å². The molecule has 0 N–H and O–H groups in total. The highest BCUT2D eigenvalue weighted by Crippen LogP contribution is 2.39. The second-order valence-electron chi connectivity index (χ2n) is 3.30. The normalized spacial score (nSPS) is 10.7. The number of carbonyl (C=O) groups is 1. The van der Waals surface area contributed by atoms with Crippen molar-refractivity contribution in [1.82, 2.24) is 0 Å². The van der Waals surface area contributed by atoms with Crippen molar-refractivity contribution in [3.63, 3.8) is 0 Å². The predicted molar refractivity (Wildman–Crippen MR) is 68.3 cm³/mol. The Morgan fingerprint density at radius 3 is 2.11 bits per heavy atom. The Balaban J connectivity index is 2.48. The Labute approximate surface area is 108 Å². The van der Waals surface area contributed by atoms with E-state index in [4.69, 9.17) is 18.6 Å². The molecule has 0 amide bonds. The molecule has 0 unspecified atom stereocenters. The number of benzene rings is 1. The van der Waals surface area contributed by atoms with Gasteiger partial charge in [-0.25, -0.2) is 0 Å². The standard InChI is InChI=1S/C12H17O5P/c1-4-14-18(15-5-2)17-16-12-8-6-11(7-9-12)10(3)13/h6-9H,4-5H2,1-3H3. The van der Waals surface area contributed by atoms with Crippen molar-refractivity contribution in [2.75, 3.05) is 13.2 Å². The SMILES string of the molecule is CCOP(OCC)OOc1ccc(C(C)=O)cc1. The molecule has 5 nitrogen and oxygen atoms in total. The van der Waals surface area contributed by atoms with E-state index in [0.717, 1.165) is 0 Å². The first-order valence-electron chi connectivity index (χ1n) is 5.69. The van der Waals surface area contributed by atoms with E-state index in [9.17, 15) is 4.79 Å². The zero-order valence-corrected chi connectivity index (χ0v) is 11.6. The van der Waals surface area contributed by atoms with E-state index in [1.807, 2.05) is 13.8 Å². The van der Waals surface area contributed by atoms with Crippen LogP contribution in [0.15, 0.2) is 24.3 Å². The number of ketones is 1. The van der Waals surface area contributed by atoms with Crippen LogP contribution in [-0.4, -0.2) is 19.0 Å². The lowest BCUT2D eigenvalue weighted by Crippen LogP contribution is -1.99. The van der Waals surface area contributed by atoms with Gasteiger partial charge < -0.3 is 13.9 Å². The molecule has 1 aromatic carbocycles. The molecule has 0 heterocycles. The summed E-state index contributed by atoms with van der Waals surface area (Å²) >= 11 is 0. The van der Waals surface area contributed by atoms with Crippen molar-refractivity contribution < 1.29 is 23.4 Å². The van der Waals surface area contributed by atoms with Gasteiger partial charge in [0.05, 0.1) is 13.2 Å². The van der Waals surface area contributed by atoms with Crippen molar-refractivity contribution in [2.24, 2.45) is 0 Å². The molecule has 0 spiro atoms. The molecule has 0 saturated heterocycles. The van der Waals surface area contributed by atoms with Gasteiger partial charge >= 0.3 is 8.60 Å². The summed E-state index contributed by atoms with van der Waals surface area (Å²) in [5.74, 6) is 0.500. The van der Waals surface area contributed by atoms with Gasteiger partial charge in [0.25, 0.3) is 0 Å². The fourth-order valence-electron chi connectivity index (χ4n) is 1.11. The molecule has 0 aliphatic carbocycles. The maximum atomic E-state index is 11.1. The summed E-state index contributed by atoms with van der Waals surface area (Å²) in [6.07, 6.45) is 0. The summed E-state index contributed by atoms with van der Waals surface area (Å²) in [5, 5.41) is 0. The molecule has 6 heteroatoms. The first-order chi connectivity index (χ1) is 8.67. The van der Waals surface area contributed by atoms with Gasteiger partial charge in [-0.2, -0.15) is 0 Å². The number of hydrogen-bond donors (Lipinski definition) is 0. The Hall–Kier alpha value is -1.00. The second-order valence-corrected chi connectivity index (χ2v) is 4.41. The van der Waals surface area contributed by atoms with Gasteiger partial charge in [-0.05, 0) is 45.0 Å². The van der Waals surface area contributed by atoms with Crippen LogP contribution in [0.4, 0.5) is 0 Å². The molecule has 100 valence electrons. The van der Waals surface area contributed by atoms with Crippen LogP contribution < -0.4 is 4.89 Å². The average molecular weight is 272 g/mol. The van der Waals surface area contributed by atoms with Crippen LogP contribution in [0.3, 0.4) is 0 Å². The fourth-order valence-corrected chi connectivity index (χ4v) is 1.84. The zero-order valence-electron chi connectivity index (χ0n) is 10.7. The third kappa shape index (κ3) is 5.10. The van der Waals surface area contributed by atoms with Crippen LogP contribution >= 0.6 is 8.60 Å². The Bertz CT molecular complexity index is 359. The first-order valence-corrected chi connectivity index (χ1v) is 6.78. The van der Waals surface area contributed by atoms with Crippen LogP contribution in [0.2, 0.25) is 0 Å². The molecular formula is C12H17O5P. The van der Waals surface area contributed by atoms with Gasteiger partial charge in [0.15, 0.2) is 11.5 Å². The highest BCUT2D eigenvalue weighted by atomic mass is 31.2. The molecule has 0 aromatic heterocycles. The molecule has 0 aliphatic heterocycles. The van der Waals surface area contributed by atoms with Crippen LogP contribution in [0.1, 0.15) is 31.1 Å². The van der Waals surface area contributed by atoms with E-state index in [0.29, 0.717) is 24.5 Å². The lowest BCUT2D eigenvalue weighted by molar-refractivity contribution is -0.117. The lowest BCUT2D eigenvalue weighted by Gasteiger charge is -2.13. The van der Waals surface area contributed by atoms with Gasteiger partial charge in [-0.3, -0.25) is 4.79 Å². The molecular weight excluding hydrogens is 255 g/mol. The van der Waals surface area contributed by atoms with Gasteiger partial charge in [-0.1, -0.05) is 0 Å². The van der Waals surface area contributed by atoms with Crippen LogP contribution in [0.5, 0.6) is 5.75 Å². The van der Waals surface area contributed by atoms with Crippen molar-refractivity contribution in [3.05, 3.63) is 29.8 Å². The summed E-state index contributed by atoms with van der Waals surface area (Å²) in [6.45, 7) is 6.17. The third-order valence-electron chi connectivity index (χ3n) is 1.92. The maximum Gasteiger partial charge on any atom is 0.375 e. The summed E-state index contributed by atoms with van der Waals surface area (Å²) in [6, 6.07) is 6.65. The average Bonchev–Trinajstić information content (AvgIpc) is 2.37. The molecule has 18 heavy (non-hydrogen) atoms. The minimum absolute atomic E-state index is 0.00773. The van der Waals surface area contributed by atoms with E-state index in [1.54, 1.807) is 24.3 Å². The lowest BCUT2D eigenvalue weighted by atomic mass is 10.1. The van der Waals surface area contributed by atoms with Crippen LogP contribution in [0.25, 0.3) is 0 Å². The van der Waals surface area contributed by atoms with Crippen molar-refractivity contribution in [1.29, 1.82) is 0 Å². The molecule has 1 rings (SSSR count). The molecule has 0 aliphatic rings. The van der Waals surface area contributed by atoms with Gasteiger partial charge in [0.2, 0.25) is 0 Å². The Morgan fingerprint density at radius 2 is 1.67 bits per heavy atom. The summed E-state index contributed by atoms with van der Waals surface area (Å²) in [5.41, 5.74) is 0.624. The van der Waals surface area contributed by atoms with Gasteiger partial charge in [0, 0.05) is 5.56 Å². The molecule has 0 radical (unpaired) electrons. The predicted octanol–water partition coefficient (Wildman–Crippen LogP) is 3.50. The van der Waals surface area contributed by atoms with Gasteiger partial charge in [0.1, 0.15) is 0 Å². The molecule has 1 aromatic rings. The zero-order chi connectivity index (χ0) is 13.4. The molecule has 0 atom stereocenters. The number of Topliss-reactive ketones (excluding diaryl/α,β-unsaturated/α-hetero) is 1. The number of hydrogen-bond acceptors (Lipinski definition) is 5. The summed E-state index contributed by atoms with van der Waals surface area (Å²) in [4.78, 5) is 16.2. The van der Waals surface area contributed by atoms with Crippen molar-refractivity contribution in [2.45, 2.75) is 20.8 Å². The number of rotatable bonds is 8. The fraction of sp³-hybridized carbons (Fsp3) is 0.417. The molecule has 0 fully saturated rings. The Morgan fingerprint density at radius 1 is 1.11 bits per heavy atom. The van der Waals surface area contributed by atoms with E-state index in [2.05, 4.69) is 0 Å². The van der Waals surface area contributed by atoms with Crippen LogP contribution in [-0.2, 0) is 13.7 Å². The third-order valence-corrected chi connectivity index (χ3v) is 3.06. The largest absolute Gasteiger partial charge is 0.375 e. The van der Waals surface area contributed by atoms with Crippen molar-refractivity contribution >= 4 is 14.4 Å². The maximum absolute atomic E-state index is 11.1. The minimum atomic E-state index is -1.49. The molecule has 0 bridgehead atoms. The summed E-state index contributed by atoms with van der Waals surface area (Å²) in [7, 11) is -1.49. The van der Waals surface area contributed by atoms with E-state index >= 15 is 0 Å². The highest BCUT2D eigenvalue weighted by molar-refractivity contribution is 7.41. The smallest absolute Gasteiger partial charge is 0.329 e. The summed E-state index contributed by atoms with van der Waals surface area (Å²) < 4.78 is 15.5. The first kappa shape index (κ1) is 15.1. The quantitative estimate of drug-likeness (QED) is 0.314.